The lowest BCUT2D eigenvalue weighted by molar-refractivity contribution is -0.127. The fraction of sp³-hybridized carbons (Fsp3) is 0.393. The summed E-state index contributed by atoms with van der Waals surface area (Å²) in [4.78, 5) is 32.4. The molecule has 3 aliphatic rings. The second-order valence-corrected chi connectivity index (χ2v) is 9.91. The highest BCUT2D eigenvalue weighted by atomic mass is 19.1. The number of likely N-dealkylation sites (tertiary alicyclic amines) is 1. The predicted molar refractivity (Wildman–Crippen MR) is 130 cm³/mol. The van der Waals surface area contributed by atoms with Gasteiger partial charge in [-0.25, -0.2) is 9.37 Å². The van der Waals surface area contributed by atoms with Crippen molar-refractivity contribution < 1.29 is 18.7 Å². The van der Waals surface area contributed by atoms with Crippen LogP contribution in [0, 0.1) is 11.7 Å². The van der Waals surface area contributed by atoms with E-state index in [9.17, 15) is 14.0 Å². The molecule has 0 spiro atoms. The van der Waals surface area contributed by atoms with Crippen molar-refractivity contribution in [2.45, 2.75) is 51.0 Å². The molecule has 0 bridgehead atoms. The third kappa shape index (κ3) is 4.30. The summed E-state index contributed by atoms with van der Waals surface area (Å²) in [5.74, 6) is -0.395. The summed E-state index contributed by atoms with van der Waals surface area (Å²) < 4.78 is 21.2. The number of hydrogen-bond acceptors (Lipinski definition) is 4. The third-order valence-electron chi connectivity index (χ3n) is 7.78. The summed E-state index contributed by atoms with van der Waals surface area (Å²) in [5, 5.41) is 3.24. The Morgan fingerprint density at radius 1 is 1.03 bits per heavy atom. The molecular formula is C28H29FN4O3. The smallest absolute Gasteiger partial charge is 0.274 e. The lowest BCUT2D eigenvalue weighted by atomic mass is 9.95. The molecule has 1 saturated heterocycles. The van der Waals surface area contributed by atoms with E-state index in [2.05, 4.69) is 22.4 Å². The van der Waals surface area contributed by atoms with Gasteiger partial charge >= 0.3 is 0 Å². The summed E-state index contributed by atoms with van der Waals surface area (Å²) in [7, 11) is 0. The molecule has 2 aliphatic heterocycles. The van der Waals surface area contributed by atoms with Crippen LogP contribution < -0.4 is 5.32 Å². The number of carbonyl (C=O) groups excluding carboxylic acids is 2. The number of piperidine rings is 1. The van der Waals surface area contributed by atoms with Crippen LogP contribution in [0.25, 0.3) is 0 Å². The molecule has 36 heavy (non-hydrogen) atoms. The number of nitrogens with one attached hydrogen (secondary N) is 1. The molecule has 1 N–H and O–H groups in total. The molecule has 2 amide bonds. The highest BCUT2D eigenvalue weighted by Gasteiger charge is 2.33. The van der Waals surface area contributed by atoms with Crippen LogP contribution in [0.2, 0.25) is 0 Å². The van der Waals surface area contributed by atoms with Crippen molar-refractivity contribution in [3.63, 3.8) is 0 Å². The Kier molecular flexibility index (Phi) is 6.05. The second kappa shape index (κ2) is 9.50. The van der Waals surface area contributed by atoms with E-state index in [1.165, 1.54) is 23.3 Å². The van der Waals surface area contributed by atoms with E-state index in [4.69, 9.17) is 4.74 Å². The van der Waals surface area contributed by atoms with Gasteiger partial charge in [0.1, 0.15) is 11.9 Å². The minimum atomic E-state index is -0.282. The quantitative estimate of drug-likeness (QED) is 0.604. The van der Waals surface area contributed by atoms with Crippen molar-refractivity contribution in [2.24, 2.45) is 5.92 Å². The Hall–Kier alpha value is -3.52. The minimum Gasteiger partial charge on any atom is -0.365 e. The Labute approximate surface area is 209 Å². The van der Waals surface area contributed by atoms with Crippen LogP contribution in [0.1, 0.15) is 64.3 Å². The molecule has 1 aromatic heterocycles. The van der Waals surface area contributed by atoms with Gasteiger partial charge in [-0.15, -0.1) is 0 Å². The molecular weight excluding hydrogens is 459 g/mol. The first kappa shape index (κ1) is 22.9. The lowest BCUT2D eigenvalue weighted by Crippen LogP contribution is -2.44. The van der Waals surface area contributed by atoms with E-state index in [1.54, 1.807) is 23.4 Å². The minimum absolute atomic E-state index is 0.0856. The van der Waals surface area contributed by atoms with Crippen molar-refractivity contribution in [1.29, 1.82) is 0 Å². The summed E-state index contributed by atoms with van der Waals surface area (Å²) in [6, 6.07) is 14.7. The van der Waals surface area contributed by atoms with Crippen molar-refractivity contribution in [3.8, 4) is 0 Å². The number of imidazole rings is 1. The number of benzene rings is 2. The average Bonchev–Trinajstić information content (AvgIpc) is 3.53. The van der Waals surface area contributed by atoms with Gasteiger partial charge in [-0.1, -0.05) is 36.4 Å². The van der Waals surface area contributed by atoms with Gasteiger partial charge in [0.05, 0.1) is 31.2 Å². The van der Waals surface area contributed by atoms with Gasteiger partial charge in [-0.3, -0.25) is 9.59 Å². The zero-order valence-corrected chi connectivity index (χ0v) is 20.0. The van der Waals surface area contributed by atoms with Crippen LogP contribution in [-0.4, -0.2) is 39.4 Å². The normalized spacial score (nSPS) is 21.6. The number of fused-ring (bicyclic) bond motifs is 2. The molecule has 6 rings (SSSR count). The topological polar surface area (TPSA) is 76.5 Å². The van der Waals surface area contributed by atoms with Crippen molar-refractivity contribution in [3.05, 3.63) is 88.8 Å². The molecule has 2 atom stereocenters. The largest absolute Gasteiger partial charge is 0.365 e. The summed E-state index contributed by atoms with van der Waals surface area (Å²) in [6.07, 6.45) is 4.70. The van der Waals surface area contributed by atoms with Gasteiger partial charge < -0.3 is 19.5 Å². The fourth-order valence-electron chi connectivity index (χ4n) is 5.68. The maximum absolute atomic E-state index is 13.3. The van der Waals surface area contributed by atoms with E-state index in [-0.39, 0.29) is 42.3 Å². The molecule has 8 heteroatoms. The van der Waals surface area contributed by atoms with Crippen LogP contribution in [0.5, 0.6) is 0 Å². The number of ether oxygens (including phenoxy) is 1. The Morgan fingerprint density at radius 2 is 1.81 bits per heavy atom. The number of nitrogens with zero attached hydrogens (tertiary/aromatic N) is 3. The van der Waals surface area contributed by atoms with E-state index >= 15 is 0 Å². The van der Waals surface area contributed by atoms with E-state index in [0.717, 1.165) is 24.1 Å². The molecule has 186 valence electrons. The summed E-state index contributed by atoms with van der Waals surface area (Å²) in [6.45, 7) is 1.85. The highest BCUT2D eigenvalue weighted by molar-refractivity contribution is 5.93. The highest BCUT2D eigenvalue weighted by Crippen LogP contribution is 2.32. The van der Waals surface area contributed by atoms with Crippen molar-refractivity contribution in [1.82, 2.24) is 19.8 Å². The van der Waals surface area contributed by atoms with Gasteiger partial charge in [0.15, 0.2) is 5.69 Å². The Balaban J connectivity index is 1.05. The SMILES string of the molecule is O=C(N[C@@H]1CCc2ccccc21)C1CCN(C(=O)c2ncn3c2CO[C@H](c2ccc(F)cc2)C3)CC1. The third-order valence-corrected chi connectivity index (χ3v) is 7.78. The van der Waals surface area contributed by atoms with Gasteiger partial charge in [0.25, 0.3) is 5.91 Å². The number of hydrogen-bond donors (Lipinski definition) is 1. The predicted octanol–water partition coefficient (Wildman–Crippen LogP) is 3.95. The summed E-state index contributed by atoms with van der Waals surface area (Å²) >= 11 is 0. The van der Waals surface area contributed by atoms with E-state index in [0.29, 0.717) is 38.2 Å². The van der Waals surface area contributed by atoms with E-state index < -0.39 is 0 Å². The first-order chi connectivity index (χ1) is 17.6. The molecule has 3 heterocycles. The number of amides is 2. The molecule has 1 aliphatic carbocycles. The first-order valence-corrected chi connectivity index (χ1v) is 12.7. The average molecular weight is 489 g/mol. The molecule has 3 aromatic rings. The Bertz CT molecular complexity index is 1280. The van der Waals surface area contributed by atoms with Crippen LogP contribution in [-0.2, 0) is 29.1 Å². The second-order valence-electron chi connectivity index (χ2n) is 9.91. The van der Waals surface area contributed by atoms with Crippen molar-refractivity contribution in [2.75, 3.05) is 13.1 Å². The molecule has 7 nitrogen and oxygen atoms in total. The number of carbonyl (C=O) groups is 2. The maximum Gasteiger partial charge on any atom is 0.274 e. The van der Waals surface area contributed by atoms with E-state index in [1.807, 2.05) is 16.7 Å². The zero-order chi connectivity index (χ0) is 24.6. The molecule has 0 radical (unpaired) electrons. The zero-order valence-electron chi connectivity index (χ0n) is 20.0. The van der Waals surface area contributed by atoms with Gasteiger partial charge in [0.2, 0.25) is 5.91 Å². The first-order valence-electron chi connectivity index (χ1n) is 12.7. The Morgan fingerprint density at radius 3 is 2.61 bits per heavy atom. The van der Waals surface area contributed by atoms with Crippen LogP contribution in [0.3, 0.4) is 0 Å². The standard InChI is InChI=1S/C28H29FN4O3/c29-21-8-5-19(6-9-21)25-15-33-17-30-26(24(33)16-36-25)28(35)32-13-11-20(12-14-32)27(34)31-23-10-7-18-3-1-2-4-22(18)23/h1-6,8-9,17,20,23,25H,7,10-16H2,(H,31,34)/t23-,25+/m1/s1. The molecule has 0 unspecified atom stereocenters. The number of aromatic nitrogens is 2. The fourth-order valence-corrected chi connectivity index (χ4v) is 5.68. The van der Waals surface area contributed by atoms with Crippen LogP contribution in [0.15, 0.2) is 54.9 Å². The number of aryl methyl sites for hydroxylation is 1. The monoisotopic (exact) mass is 488 g/mol. The number of halogens is 1. The molecule has 2 aromatic carbocycles. The van der Waals surface area contributed by atoms with Gasteiger partial charge in [-0.2, -0.15) is 0 Å². The maximum atomic E-state index is 13.3. The lowest BCUT2D eigenvalue weighted by Gasteiger charge is -2.32. The van der Waals surface area contributed by atoms with Crippen LogP contribution in [0.4, 0.5) is 4.39 Å². The molecule has 1 fully saturated rings. The van der Waals surface area contributed by atoms with Gasteiger partial charge in [0, 0.05) is 19.0 Å². The summed E-state index contributed by atoms with van der Waals surface area (Å²) in [5.41, 5.74) is 4.62. The number of rotatable bonds is 4. The van der Waals surface area contributed by atoms with Crippen LogP contribution >= 0.6 is 0 Å². The molecule has 0 saturated carbocycles. The van der Waals surface area contributed by atoms with Crippen molar-refractivity contribution >= 4 is 11.8 Å². The van der Waals surface area contributed by atoms with Gasteiger partial charge in [-0.05, 0) is 54.5 Å².